The van der Waals surface area contributed by atoms with E-state index in [4.69, 9.17) is 19.9 Å². The van der Waals surface area contributed by atoms with Crippen LogP contribution in [0.4, 0.5) is 5.69 Å². The molecule has 0 amide bonds. The van der Waals surface area contributed by atoms with E-state index in [0.717, 1.165) is 56.5 Å². The third-order valence-corrected chi connectivity index (χ3v) is 4.27. The van der Waals surface area contributed by atoms with Crippen molar-refractivity contribution in [1.82, 2.24) is 4.90 Å². The third kappa shape index (κ3) is 5.51. The minimum Gasteiger partial charge on any atom is -0.490 e. The van der Waals surface area contributed by atoms with E-state index >= 15 is 0 Å². The number of anilines is 1. The lowest BCUT2D eigenvalue weighted by molar-refractivity contribution is 0.0323. The van der Waals surface area contributed by atoms with Gasteiger partial charge in [-0.15, -0.1) is 0 Å². The van der Waals surface area contributed by atoms with Crippen molar-refractivity contribution in [3.63, 3.8) is 0 Å². The lowest BCUT2D eigenvalue weighted by atomic mass is 10.1. The first-order valence-corrected chi connectivity index (χ1v) is 8.97. The molecule has 3 N–H and O–H groups in total. The van der Waals surface area contributed by atoms with Crippen LogP contribution in [-0.2, 0) is 4.74 Å². The van der Waals surface area contributed by atoms with Crippen molar-refractivity contribution in [2.75, 3.05) is 57.9 Å². The summed E-state index contributed by atoms with van der Waals surface area (Å²) in [5.41, 5.74) is 6.88. The van der Waals surface area contributed by atoms with Crippen LogP contribution in [0.15, 0.2) is 23.2 Å². The molecule has 0 aromatic heterocycles. The number of ether oxygens (including phenoxy) is 3. The Balaban J connectivity index is 1.50. The molecule has 1 aromatic carbocycles. The number of rotatable bonds is 5. The quantitative estimate of drug-likeness (QED) is 0.621. The number of aliphatic imine (C=N–C) groups is 1. The van der Waals surface area contributed by atoms with Crippen molar-refractivity contribution in [2.45, 2.75) is 13.3 Å². The van der Waals surface area contributed by atoms with Crippen molar-refractivity contribution in [3.05, 3.63) is 18.2 Å². The lowest BCUT2D eigenvalue weighted by Gasteiger charge is -2.28. The van der Waals surface area contributed by atoms with Gasteiger partial charge in [-0.25, -0.2) is 0 Å². The number of hydrogen-bond donors (Lipinski definition) is 2. The van der Waals surface area contributed by atoms with Crippen LogP contribution in [-0.4, -0.2) is 63.5 Å². The highest BCUT2D eigenvalue weighted by Gasteiger charge is 2.14. The molecular formula is C18H28N4O3. The first-order valence-electron chi connectivity index (χ1n) is 8.97. The smallest absolute Gasteiger partial charge is 0.193 e. The average molecular weight is 348 g/mol. The zero-order chi connectivity index (χ0) is 17.5. The molecule has 3 rings (SSSR count). The van der Waals surface area contributed by atoms with Crippen LogP contribution in [0.2, 0.25) is 0 Å². The Morgan fingerprint density at radius 2 is 1.96 bits per heavy atom. The number of morpholine rings is 1. The molecule has 2 aliphatic rings. The average Bonchev–Trinajstić information content (AvgIpc) is 2.86. The van der Waals surface area contributed by atoms with Gasteiger partial charge >= 0.3 is 0 Å². The second-order valence-corrected chi connectivity index (χ2v) is 6.58. The highest BCUT2D eigenvalue weighted by atomic mass is 16.5. The minimum atomic E-state index is 0.420. The number of nitrogens with one attached hydrogen (secondary N) is 1. The normalized spacial score (nSPS) is 20.0. The third-order valence-electron chi connectivity index (χ3n) is 4.27. The molecule has 1 saturated heterocycles. The highest BCUT2D eigenvalue weighted by Crippen LogP contribution is 2.32. The predicted molar refractivity (Wildman–Crippen MR) is 98.6 cm³/mol. The van der Waals surface area contributed by atoms with Gasteiger partial charge in [-0.1, -0.05) is 6.92 Å². The van der Waals surface area contributed by atoms with Gasteiger partial charge in [-0.3, -0.25) is 9.89 Å². The van der Waals surface area contributed by atoms with Crippen LogP contribution >= 0.6 is 0 Å². The number of hydrogen-bond acceptors (Lipinski definition) is 5. The van der Waals surface area contributed by atoms with Crippen LogP contribution in [0, 0.1) is 5.92 Å². The SMILES string of the molecule is CC(CN=C(N)Nc1ccc2c(c1)OCCCO2)CN1CCOCC1. The van der Waals surface area contributed by atoms with E-state index in [9.17, 15) is 0 Å². The van der Waals surface area contributed by atoms with Crippen molar-refractivity contribution in [3.8, 4) is 11.5 Å². The number of nitrogens with two attached hydrogens (primary N) is 1. The van der Waals surface area contributed by atoms with Crippen molar-refractivity contribution >= 4 is 11.6 Å². The van der Waals surface area contributed by atoms with Gasteiger partial charge in [0, 0.05) is 44.4 Å². The Hall–Kier alpha value is -1.99. The summed E-state index contributed by atoms with van der Waals surface area (Å²) in [5, 5.41) is 3.13. The maximum atomic E-state index is 6.03. The number of fused-ring (bicyclic) bond motifs is 1. The molecule has 25 heavy (non-hydrogen) atoms. The summed E-state index contributed by atoms with van der Waals surface area (Å²) in [6, 6.07) is 5.73. The fraction of sp³-hybridized carbons (Fsp3) is 0.611. The summed E-state index contributed by atoms with van der Waals surface area (Å²) in [6.07, 6.45) is 0.891. The summed E-state index contributed by atoms with van der Waals surface area (Å²) in [7, 11) is 0. The maximum Gasteiger partial charge on any atom is 0.193 e. The molecule has 1 aromatic rings. The number of guanidine groups is 1. The van der Waals surface area contributed by atoms with Gasteiger partial charge in [0.1, 0.15) is 0 Å². The summed E-state index contributed by atoms with van der Waals surface area (Å²) >= 11 is 0. The van der Waals surface area contributed by atoms with Crippen LogP contribution in [0.1, 0.15) is 13.3 Å². The van der Waals surface area contributed by atoms with E-state index < -0.39 is 0 Å². The second kappa shape index (κ2) is 8.92. The molecule has 2 aliphatic heterocycles. The van der Waals surface area contributed by atoms with Gasteiger partial charge in [0.05, 0.1) is 26.4 Å². The zero-order valence-corrected chi connectivity index (χ0v) is 14.9. The van der Waals surface area contributed by atoms with Gasteiger partial charge in [0.15, 0.2) is 17.5 Å². The standard InChI is InChI=1S/C18H28N4O3/c1-14(13-22-5-9-23-10-6-22)12-20-18(19)21-15-3-4-16-17(11-15)25-8-2-7-24-16/h3-4,11,14H,2,5-10,12-13H2,1H3,(H3,19,20,21). The van der Waals surface area contributed by atoms with Crippen LogP contribution < -0.4 is 20.5 Å². The molecule has 7 heteroatoms. The van der Waals surface area contributed by atoms with E-state index in [0.29, 0.717) is 31.6 Å². The zero-order valence-electron chi connectivity index (χ0n) is 14.9. The number of benzene rings is 1. The molecule has 0 radical (unpaired) electrons. The second-order valence-electron chi connectivity index (χ2n) is 6.58. The highest BCUT2D eigenvalue weighted by molar-refractivity contribution is 5.92. The van der Waals surface area contributed by atoms with Gasteiger partial charge in [-0.05, 0) is 18.1 Å². The van der Waals surface area contributed by atoms with Gasteiger partial charge in [0.25, 0.3) is 0 Å². The van der Waals surface area contributed by atoms with Crippen molar-refractivity contribution in [1.29, 1.82) is 0 Å². The van der Waals surface area contributed by atoms with Gasteiger partial charge < -0.3 is 25.3 Å². The summed E-state index contributed by atoms with van der Waals surface area (Å²) in [6.45, 7) is 8.90. The lowest BCUT2D eigenvalue weighted by Crippen LogP contribution is -2.39. The first-order chi connectivity index (χ1) is 12.2. The van der Waals surface area contributed by atoms with Crippen LogP contribution in [0.3, 0.4) is 0 Å². The number of nitrogens with zero attached hydrogens (tertiary/aromatic N) is 2. The molecular weight excluding hydrogens is 320 g/mol. The fourth-order valence-corrected chi connectivity index (χ4v) is 2.96. The Labute approximate surface area is 149 Å². The molecule has 0 spiro atoms. The first kappa shape index (κ1) is 17.8. The van der Waals surface area contributed by atoms with Crippen molar-refractivity contribution in [2.24, 2.45) is 16.6 Å². The van der Waals surface area contributed by atoms with E-state index in [1.165, 1.54) is 0 Å². The molecule has 0 bridgehead atoms. The molecule has 0 saturated carbocycles. The Kier molecular flexibility index (Phi) is 6.36. The van der Waals surface area contributed by atoms with E-state index in [2.05, 4.69) is 22.1 Å². The topological polar surface area (TPSA) is 81.3 Å². The molecule has 138 valence electrons. The van der Waals surface area contributed by atoms with Gasteiger partial charge in [0.2, 0.25) is 0 Å². The largest absolute Gasteiger partial charge is 0.490 e. The Bertz CT molecular complexity index is 588. The maximum absolute atomic E-state index is 6.03. The monoisotopic (exact) mass is 348 g/mol. The summed E-state index contributed by atoms with van der Waals surface area (Å²) in [4.78, 5) is 6.88. The van der Waals surface area contributed by atoms with Crippen molar-refractivity contribution < 1.29 is 14.2 Å². The van der Waals surface area contributed by atoms with Crippen LogP contribution in [0.25, 0.3) is 0 Å². The Morgan fingerprint density at radius 1 is 1.20 bits per heavy atom. The van der Waals surface area contributed by atoms with Crippen LogP contribution in [0.5, 0.6) is 11.5 Å². The van der Waals surface area contributed by atoms with E-state index in [-0.39, 0.29) is 0 Å². The summed E-state index contributed by atoms with van der Waals surface area (Å²) in [5.74, 6) is 2.39. The molecule has 7 nitrogen and oxygen atoms in total. The fourth-order valence-electron chi connectivity index (χ4n) is 2.96. The van der Waals surface area contributed by atoms with E-state index in [1.54, 1.807) is 0 Å². The molecule has 0 aliphatic carbocycles. The van der Waals surface area contributed by atoms with E-state index in [1.807, 2.05) is 18.2 Å². The molecule has 1 unspecified atom stereocenters. The molecule has 2 heterocycles. The van der Waals surface area contributed by atoms with Gasteiger partial charge in [-0.2, -0.15) is 0 Å². The molecule has 1 fully saturated rings. The predicted octanol–water partition coefficient (Wildman–Crippen LogP) is 1.54. The summed E-state index contributed by atoms with van der Waals surface area (Å²) < 4.78 is 16.7. The molecule has 1 atom stereocenters. The Morgan fingerprint density at radius 3 is 2.76 bits per heavy atom. The minimum absolute atomic E-state index is 0.420.